The third kappa shape index (κ3) is 1.74. The second kappa shape index (κ2) is 4.45. The number of nitrogen functional groups attached to an aromatic ring is 1. The van der Waals surface area contributed by atoms with E-state index in [0.717, 1.165) is 44.0 Å². The molecule has 0 bridgehead atoms. The van der Waals surface area contributed by atoms with Gasteiger partial charge in [0.1, 0.15) is 5.82 Å². The van der Waals surface area contributed by atoms with Crippen LogP contribution in [0.3, 0.4) is 0 Å². The van der Waals surface area contributed by atoms with E-state index in [2.05, 4.69) is 44.5 Å². The van der Waals surface area contributed by atoms with Crippen molar-refractivity contribution in [2.75, 3.05) is 17.2 Å². The number of anilines is 3. The Kier molecular flexibility index (Phi) is 2.60. The van der Waals surface area contributed by atoms with Crippen molar-refractivity contribution >= 4 is 17.5 Å². The van der Waals surface area contributed by atoms with Gasteiger partial charge < -0.3 is 16.0 Å². The minimum absolute atomic E-state index is 0.366. The van der Waals surface area contributed by atoms with E-state index in [0.29, 0.717) is 5.95 Å². The standard InChI is InChI=1S/C15H17N5/c16-15-18-12-9-17-8-11(12)14(19-15)20-7-3-5-10-4-1-2-6-13(10)20/h1-2,4,6,17H,3,5,7-9H2,(H2,16,18,19). The number of hydrogen-bond donors (Lipinski definition) is 2. The molecule has 5 nitrogen and oxygen atoms in total. The molecule has 0 unspecified atom stereocenters. The van der Waals surface area contributed by atoms with Crippen molar-refractivity contribution in [2.45, 2.75) is 25.9 Å². The van der Waals surface area contributed by atoms with Gasteiger partial charge in [0.25, 0.3) is 0 Å². The molecule has 1 aromatic heterocycles. The SMILES string of the molecule is Nc1nc2c(c(N3CCCc4ccccc43)n1)CNC2. The lowest BCUT2D eigenvalue weighted by Gasteiger charge is -2.31. The Hall–Kier alpha value is -2.14. The number of benzene rings is 1. The second-order valence-electron chi connectivity index (χ2n) is 5.32. The van der Waals surface area contributed by atoms with Crippen molar-refractivity contribution in [3.8, 4) is 0 Å². The summed E-state index contributed by atoms with van der Waals surface area (Å²) in [4.78, 5) is 11.2. The first-order chi connectivity index (χ1) is 9.83. The number of hydrogen-bond acceptors (Lipinski definition) is 5. The van der Waals surface area contributed by atoms with Crippen LogP contribution in [0.5, 0.6) is 0 Å². The van der Waals surface area contributed by atoms with Gasteiger partial charge in [-0.2, -0.15) is 4.98 Å². The Bertz CT molecular complexity index is 667. The Labute approximate surface area is 117 Å². The lowest BCUT2D eigenvalue weighted by atomic mass is 10.0. The van der Waals surface area contributed by atoms with E-state index in [4.69, 9.17) is 5.73 Å². The molecule has 0 radical (unpaired) electrons. The van der Waals surface area contributed by atoms with Crippen molar-refractivity contribution < 1.29 is 0 Å². The van der Waals surface area contributed by atoms with Gasteiger partial charge in [-0.1, -0.05) is 18.2 Å². The maximum Gasteiger partial charge on any atom is 0.222 e. The zero-order valence-electron chi connectivity index (χ0n) is 11.3. The molecule has 2 aromatic rings. The van der Waals surface area contributed by atoms with Crippen LogP contribution in [0.25, 0.3) is 0 Å². The Morgan fingerprint density at radius 3 is 3.00 bits per heavy atom. The molecular formula is C15H17N5. The van der Waals surface area contributed by atoms with Gasteiger partial charge in [0.15, 0.2) is 0 Å². The lowest BCUT2D eigenvalue weighted by molar-refractivity contribution is 0.745. The second-order valence-corrected chi connectivity index (χ2v) is 5.32. The van der Waals surface area contributed by atoms with Gasteiger partial charge in [-0.15, -0.1) is 0 Å². The third-order valence-corrected chi connectivity index (χ3v) is 4.05. The van der Waals surface area contributed by atoms with Crippen molar-refractivity contribution in [1.29, 1.82) is 0 Å². The van der Waals surface area contributed by atoms with Crippen LogP contribution in [0.1, 0.15) is 23.2 Å². The molecule has 20 heavy (non-hydrogen) atoms. The van der Waals surface area contributed by atoms with Crippen molar-refractivity contribution in [3.63, 3.8) is 0 Å². The van der Waals surface area contributed by atoms with Crippen LogP contribution in [-0.4, -0.2) is 16.5 Å². The van der Waals surface area contributed by atoms with Gasteiger partial charge in [-0.05, 0) is 24.5 Å². The molecule has 3 heterocycles. The summed E-state index contributed by atoms with van der Waals surface area (Å²) in [5.41, 5.74) is 10.8. The monoisotopic (exact) mass is 267 g/mol. The first-order valence-electron chi connectivity index (χ1n) is 7.04. The molecule has 0 atom stereocenters. The molecule has 0 saturated heterocycles. The predicted octanol–water partition coefficient (Wildman–Crippen LogP) is 1.75. The number of aryl methyl sites for hydroxylation is 1. The molecular weight excluding hydrogens is 250 g/mol. The Morgan fingerprint density at radius 2 is 2.05 bits per heavy atom. The van der Waals surface area contributed by atoms with Gasteiger partial charge in [0.2, 0.25) is 5.95 Å². The number of aromatic nitrogens is 2. The summed E-state index contributed by atoms with van der Waals surface area (Å²) in [6, 6.07) is 8.55. The predicted molar refractivity (Wildman–Crippen MR) is 78.8 cm³/mol. The highest BCUT2D eigenvalue weighted by Crippen LogP contribution is 2.35. The zero-order valence-corrected chi connectivity index (χ0v) is 11.3. The van der Waals surface area contributed by atoms with Crippen LogP contribution in [0, 0.1) is 0 Å². The average Bonchev–Trinajstić information content (AvgIpc) is 2.94. The molecule has 2 aliphatic heterocycles. The molecule has 0 spiro atoms. The lowest BCUT2D eigenvalue weighted by Crippen LogP contribution is -2.27. The molecule has 0 fully saturated rings. The molecule has 0 aliphatic carbocycles. The van der Waals surface area contributed by atoms with Gasteiger partial charge in [-0.25, -0.2) is 4.98 Å². The smallest absolute Gasteiger partial charge is 0.222 e. The van der Waals surface area contributed by atoms with Crippen molar-refractivity contribution in [2.24, 2.45) is 0 Å². The largest absolute Gasteiger partial charge is 0.368 e. The number of nitrogens with one attached hydrogen (secondary N) is 1. The molecule has 3 N–H and O–H groups in total. The van der Waals surface area contributed by atoms with Crippen molar-refractivity contribution in [3.05, 3.63) is 41.1 Å². The first kappa shape index (κ1) is 11.7. The maximum absolute atomic E-state index is 5.88. The minimum Gasteiger partial charge on any atom is -0.368 e. The van der Waals surface area contributed by atoms with E-state index in [-0.39, 0.29) is 0 Å². The summed E-state index contributed by atoms with van der Waals surface area (Å²) in [5.74, 6) is 1.34. The molecule has 5 heteroatoms. The normalized spacial score (nSPS) is 16.9. The van der Waals surface area contributed by atoms with Crippen LogP contribution in [0.4, 0.5) is 17.5 Å². The quantitative estimate of drug-likeness (QED) is 0.824. The third-order valence-electron chi connectivity index (χ3n) is 4.05. The fourth-order valence-corrected chi connectivity index (χ4v) is 3.15. The van der Waals surface area contributed by atoms with Gasteiger partial charge >= 0.3 is 0 Å². The highest BCUT2D eigenvalue weighted by molar-refractivity contribution is 5.69. The van der Waals surface area contributed by atoms with Gasteiger partial charge in [-0.3, -0.25) is 0 Å². The van der Waals surface area contributed by atoms with Gasteiger partial charge in [0.05, 0.1) is 5.69 Å². The van der Waals surface area contributed by atoms with E-state index >= 15 is 0 Å². The number of nitrogens with zero attached hydrogens (tertiary/aromatic N) is 3. The molecule has 102 valence electrons. The summed E-state index contributed by atoms with van der Waals surface area (Å²) in [6.07, 6.45) is 2.27. The first-order valence-corrected chi connectivity index (χ1v) is 7.04. The highest BCUT2D eigenvalue weighted by atomic mass is 15.2. The van der Waals surface area contributed by atoms with Gasteiger partial charge in [0, 0.05) is 30.9 Å². The molecule has 1 aromatic carbocycles. The van der Waals surface area contributed by atoms with E-state index in [1.54, 1.807) is 0 Å². The average molecular weight is 267 g/mol. The maximum atomic E-state index is 5.88. The Morgan fingerprint density at radius 1 is 1.15 bits per heavy atom. The van der Waals surface area contributed by atoms with Crippen molar-refractivity contribution in [1.82, 2.24) is 15.3 Å². The summed E-state index contributed by atoms with van der Waals surface area (Å²) < 4.78 is 0. The Balaban J connectivity index is 1.87. The number of para-hydroxylation sites is 1. The summed E-state index contributed by atoms with van der Waals surface area (Å²) in [6.45, 7) is 2.59. The summed E-state index contributed by atoms with van der Waals surface area (Å²) in [5, 5.41) is 3.33. The topological polar surface area (TPSA) is 67.1 Å². The number of nitrogens with two attached hydrogens (primary N) is 1. The van der Waals surface area contributed by atoms with E-state index < -0.39 is 0 Å². The molecule has 0 saturated carbocycles. The fourth-order valence-electron chi connectivity index (χ4n) is 3.15. The number of rotatable bonds is 1. The van der Waals surface area contributed by atoms with E-state index in [1.165, 1.54) is 16.8 Å². The highest BCUT2D eigenvalue weighted by Gasteiger charge is 2.25. The van der Waals surface area contributed by atoms with Crippen LogP contribution in [0.15, 0.2) is 24.3 Å². The molecule has 2 aliphatic rings. The fraction of sp³-hybridized carbons (Fsp3) is 0.333. The zero-order chi connectivity index (χ0) is 13.5. The molecule has 0 amide bonds. The molecule has 4 rings (SSSR count). The van der Waals surface area contributed by atoms with Crippen LogP contribution >= 0.6 is 0 Å². The summed E-state index contributed by atoms with van der Waals surface area (Å²) >= 11 is 0. The van der Waals surface area contributed by atoms with Crippen LogP contribution in [-0.2, 0) is 19.5 Å². The number of fused-ring (bicyclic) bond motifs is 2. The van der Waals surface area contributed by atoms with Crippen LogP contribution in [0.2, 0.25) is 0 Å². The van der Waals surface area contributed by atoms with Crippen LogP contribution < -0.4 is 16.0 Å². The minimum atomic E-state index is 0.366. The van der Waals surface area contributed by atoms with E-state index in [9.17, 15) is 0 Å². The van der Waals surface area contributed by atoms with E-state index in [1.807, 2.05) is 0 Å². The summed E-state index contributed by atoms with van der Waals surface area (Å²) in [7, 11) is 0.